The van der Waals surface area contributed by atoms with E-state index in [1.165, 1.54) is 37.2 Å². The van der Waals surface area contributed by atoms with Gasteiger partial charge in [0, 0.05) is 30.3 Å². The van der Waals surface area contributed by atoms with Crippen LogP contribution in [0.4, 0.5) is 5.69 Å². The van der Waals surface area contributed by atoms with Crippen molar-refractivity contribution in [2.45, 2.75) is 19.3 Å². The van der Waals surface area contributed by atoms with Crippen molar-refractivity contribution in [3.05, 3.63) is 49.8 Å². The van der Waals surface area contributed by atoms with E-state index in [-0.39, 0.29) is 26.9 Å². The van der Waals surface area contributed by atoms with Gasteiger partial charge >= 0.3 is 5.97 Å². The number of benzene rings is 1. The maximum absolute atomic E-state index is 13.1. The predicted molar refractivity (Wildman–Crippen MR) is 109 cm³/mol. The number of nitrogens with one attached hydrogen (secondary N) is 1. The van der Waals surface area contributed by atoms with Crippen LogP contribution in [0.5, 0.6) is 0 Å². The van der Waals surface area contributed by atoms with E-state index in [1.54, 1.807) is 0 Å². The highest BCUT2D eigenvalue weighted by atomic mass is 79.9. The van der Waals surface area contributed by atoms with E-state index in [2.05, 4.69) is 25.4 Å². The Morgan fingerprint density at radius 2 is 1.82 bits per heavy atom. The second-order valence-electron chi connectivity index (χ2n) is 6.53. The summed E-state index contributed by atoms with van der Waals surface area (Å²) in [6, 6.07) is 2.84. The molecule has 2 aromatic rings. The summed E-state index contributed by atoms with van der Waals surface area (Å²) in [7, 11) is 0.205. The first kappa shape index (κ1) is 20.5. The first-order valence-corrected chi connectivity index (χ1v) is 11.3. The van der Waals surface area contributed by atoms with Crippen molar-refractivity contribution in [1.29, 1.82) is 0 Å². The van der Waals surface area contributed by atoms with E-state index in [4.69, 9.17) is 4.74 Å². The van der Waals surface area contributed by atoms with Gasteiger partial charge in [0.25, 0.3) is 5.56 Å². The van der Waals surface area contributed by atoms with Crippen LogP contribution in [0.25, 0.3) is 0 Å². The highest BCUT2D eigenvalue weighted by Gasteiger charge is 2.25. The molecule has 0 radical (unpaired) electrons. The molecule has 1 fully saturated rings. The second kappa shape index (κ2) is 8.04. The van der Waals surface area contributed by atoms with E-state index in [0.717, 1.165) is 19.3 Å². The minimum Gasteiger partial charge on any atom is -0.465 e. The zero-order chi connectivity index (χ0) is 20.5. The number of carbonyl (C=O) groups is 2. The van der Waals surface area contributed by atoms with Gasteiger partial charge in [-0.2, -0.15) is 4.36 Å². The molecule has 10 heteroatoms. The third-order valence-corrected chi connectivity index (χ3v) is 7.80. The molecule has 0 atom stereocenters. The number of hydrogen-bond donors (Lipinski definition) is 1. The van der Waals surface area contributed by atoms with Gasteiger partial charge in [0.2, 0.25) is 5.78 Å². The molecule has 1 saturated heterocycles. The molecule has 0 bridgehead atoms. The van der Waals surface area contributed by atoms with Crippen LogP contribution in [0.3, 0.4) is 0 Å². The summed E-state index contributed by atoms with van der Waals surface area (Å²) >= 11 is 3.34. The van der Waals surface area contributed by atoms with Gasteiger partial charge in [0.15, 0.2) is 0 Å². The average molecular weight is 470 g/mol. The first-order chi connectivity index (χ1) is 13.3. The van der Waals surface area contributed by atoms with Gasteiger partial charge in [-0.3, -0.25) is 14.3 Å². The number of esters is 1. The summed E-state index contributed by atoms with van der Waals surface area (Å²) in [6.07, 6.45) is 3.91. The Morgan fingerprint density at radius 1 is 1.18 bits per heavy atom. The number of H-pyrrole nitrogens is 1. The summed E-state index contributed by atoms with van der Waals surface area (Å²) in [5.41, 5.74) is -0.118. The molecule has 0 spiro atoms. The van der Waals surface area contributed by atoms with Crippen LogP contribution in [0, 0.1) is 0 Å². The predicted octanol–water partition coefficient (Wildman–Crippen LogP) is 2.78. The van der Waals surface area contributed by atoms with Crippen LogP contribution in [-0.4, -0.2) is 44.4 Å². The Hall–Kier alpha value is -2.20. The lowest BCUT2D eigenvalue weighted by molar-refractivity contribution is 0.0601. The minimum absolute atomic E-state index is 0.0400. The number of nitrogens with zero attached hydrogens (tertiary/aromatic N) is 2. The van der Waals surface area contributed by atoms with Crippen molar-refractivity contribution >= 4 is 43.1 Å². The highest BCUT2D eigenvalue weighted by molar-refractivity contribution is 9.10. The minimum atomic E-state index is -2.54. The van der Waals surface area contributed by atoms with Gasteiger partial charge in [0.1, 0.15) is 11.3 Å². The molecule has 1 N–H and O–H groups in total. The third-order valence-electron chi connectivity index (χ3n) is 4.63. The third kappa shape index (κ3) is 3.83. The molecule has 1 aromatic heterocycles. The first-order valence-electron chi connectivity index (χ1n) is 8.70. The van der Waals surface area contributed by atoms with E-state index < -0.39 is 27.0 Å². The summed E-state index contributed by atoms with van der Waals surface area (Å²) < 4.78 is 23.7. The number of ether oxygens (including phenoxy) is 1. The summed E-state index contributed by atoms with van der Waals surface area (Å²) in [6.45, 7) is 0. The molecule has 1 aliphatic heterocycles. The van der Waals surface area contributed by atoms with E-state index in [9.17, 15) is 18.6 Å². The monoisotopic (exact) mass is 469 g/mol. The van der Waals surface area contributed by atoms with Gasteiger partial charge in [-0.05, 0) is 40.9 Å². The maximum Gasteiger partial charge on any atom is 0.340 e. The summed E-state index contributed by atoms with van der Waals surface area (Å²) in [5, 5.41) is 2.66. The Morgan fingerprint density at radius 3 is 2.39 bits per heavy atom. The number of carbonyl (C=O) groups excluding carboxylic acids is 2. The molecule has 3 rings (SSSR count). The largest absolute Gasteiger partial charge is 0.465 e. The Kier molecular flexibility index (Phi) is 5.90. The number of aromatic nitrogens is 2. The fraction of sp³-hybridized carbons (Fsp3) is 0.389. The molecule has 0 saturated carbocycles. The number of rotatable bonds is 4. The van der Waals surface area contributed by atoms with Crippen molar-refractivity contribution in [3.63, 3.8) is 0 Å². The zero-order valence-electron chi connectivity index (χ0n) is 15.5. The van der Waals surface area contributed by atoms with Gasteiger partial charge in [-0.1, -0.05) is 6.42 Å². The highest BCUT2D eigenvalue weighted by Crippen LogP contribution is 2.36. The molecule has 0 aliphatic carbocycles. The SMILES string of the molecule is COC(=O)c1ccc(C(=O)c2c[nH]n(C)c2=O)c(Br)c1N=S1(=O)CCCCC1. The molecular formula is C18H20BrN3O5S. The lowest BCUT2D eigenvalue weighted by Crippen LogP contribution is -2.20. The molecule has 150 valence electrons. The average Bonchev–Trinajstić information content (AvgIpc) is 3.01. The standard InChI is InChI=1S/C18H20BrN3O5S/c1-22-17(24)13(10-20-22)16(23)11-6-7-12(18(25)27-2)15(14(11)19)21-28(26)8-4-3-5-9-28/h6-7,10,20H,3-5,8-9H2,1-2H3. The van der Waals surface area contributed by atoms with Gasteiger partial charge in [0.05, 0.1) is 26.9 Å². The van der Waals surface area contributed by atoms with E-state index in [0.29, 0.717) is 11.5 Å². The van der Waals surface area contributed by atoms with E-state index in [1.807, 2.05) is 0 Å². The second-order valence-corrected chi connectivity index (χ2v) is 9.87. The summed E-state index contributed by atoms with van der Waals surface area (Å²) in [4.78, 5) is 37.2. The molecule has 28 heavy (non-hydrogen) atoms. The van der Waals surface area contributed by atoms with Crippen LogP contribution >= 0.6 is 15.9 Å². The van der Waals surface area contributed by atoms with Crippen LogP contribution in [0.15, 0.2) is 32.0 Å². The number of aryl methyl sites for hydroxylation is 1. The summed E-state index contributed by atoms with van der Waals surface area (Å²) in [5.74, 6) is -0.289. The molecule has 0 unspecified atom stereocenters. The van der Waals surface area contributed by atoms with E-state index >= 15 is 0 Å². The number of aromatic amines is 1. The Labute approximate surface area is 170 Å². The lowest BCUT2D eigenvalue weighted by atomic mass is 10.0. The lowest BCUT2D eigenvalue weighted by Gasteiger charge is -2.17. The fourth-order valence-electron chi connectivity index (χ4n) is 3.07. The van der Waals surface area contributed by atoms with Gasteiger partial charge in [-0.25, -0.2) is 9.00 Å². The van der Waals surface area contributed by atoms with Crippen molar-refractivity contribution < 1.29 is 18.5 Å². The quantitative estimate of drug-likeness (QED) is 0.546. The molecule has 1 aliphatic rings. The molecule has 8 nitrogen and oxygen atoms in total. The maximum atomic E-state index is 13.1. The molecule has 1 aromatic carbocycles. The topological polar surface area (TPSA) is 111 Å². The normalized spacial score (nSPS) is 15.8. The smallest absolute Gasteiger partial charge is 0.340 e. The molecule has 2 heterocycles. The Bertz CT molecular complexity index is 1110. The number of ketones is 1. The van der Waals surface area contributed by atoms with Crippen LogP contribution in [0.2, 0.25) is 0 Å². The fourth-order valence-corrected chi connectivity index (χ4v) is 6.02. The molecular weight excluding hydrogens is 450 g/mol. The zero-order valence-corrected chi connectivity index (χ0v) is 17.9. The number of hydrogen-bond acceptors (Lipinski definition) is 6. The van der Waals surface area contributed by atoms with Crippen LogP contribution < -0.4 is 5.56 Å². The van der Waals surface area contributed by atoms with Crippen molar-refractivity contribution in [3.8, 4) is 0 Å². The van der Waals surface area contributed by atoms with Crippen molar-refractivity contribution in [1.82, 2.24) is 9.78 Å². The van der Waals surface area contributed by atoms with Crippen molar-refractivity contribution in [2.75, 3.05) is 18.6 Å². The molecule has 0 amide bonds. The van der Waals surface area contributed by atoms with Crippen molar-refractivity contribution in [2.24, 2.45) is 11.4 Å². The van der Waals surface area contributed by atoms with Crippen LogP contribution in [-0.2, 0) is 21.5 Å². The number of methoxy groups -OCH3 is 1. The number of halogens is 1. The Balaban J connectivity index is 2.20. The van der Waals surface area contributed by atoms with Crippen LogP contribution in [0.1, 0.15) is 45.5 Å². The van der Waals surface area contributed by atoms with Gasteiger partial charge < -0.3 is 9.84 Å². The van der Waals surface area contributed by atoms with Gasteiger partial charge in [-0.15, -0.1) is 0 Å².